The minimum absolute atomic E-state index is 0.111. The Morgan fingerprint density at radius 1 is 0.963 bits per heavy atom. The van der Waals surface area contributed by atoms with E-state index in [1.54, 1.807) is 24.3 Å². The van der Waals surface area contributed by atoms with Gasteiger partial charge in [-0.1, -0.05) is 19.1 Å². The summed E-state index contributed by atoms with van der Waals surface area (Å²) in [5, 5.41) is 8.88. The van der Waals surface area contributed by atoms with Crippen LogP contribution in [0.15, 0.2) is 48.5 Å². The van der Waals surface area contributed by atoms with Crippen LogP contribution in [-0.4, -0.2) is 29.2 Å². The lowest BCUT2D eigenvalue weighted by atomic mass is 10.0. The van der Waals surface area contributed by atoms with Crippen LogP contribution in [0.3, 0.4) is 0 Å². The average molecular weight is 387 g/mol. The third kappa shape index (κ3) is 7.05. The number of rotatable bonds is 10. The first-order valence-electron chi connectivity index (χ1n) is 8.99. The van der Waals surface area contributed by atoms with Crippen LogP contribution in [0.2, 0.25) is 0 Å². The van der Waals surface area contributed by atoms with Crippen LogP contribution in [-0.2, 0) is 11.0 Å². The molecule has 27 heavy (non-hydrogen) atoms. The smallest absolute Gasteiger partial charge is 0.122 e. The first kappa shape index (κ1) is 20.9. The Morgan fingerprint density at radius 2 is 1.48 bits per heavy atom. The van der Waals surface area contributed by atoms with E-state index < -0.39 is 11.0 Å². The molecular formula is C21H26N2O3S. The zero-order valence-electron chi connectivity index (χ0n) is 16.0. The summed E-state index contributed by atoms with van der Waals surface area (Å²) in [5.74, 6) is 1.77. The predicted molar refractivity (Wildman–Crippen MR) is 108 cm³/mol. The predicted octanol–water partition coefficient (Wildman–Crippen LogP) is 3.78. The van der Waals surface area contributed by atoms with E-state index >= 15 is 0 Å². The molecule has 0 bridgehead atoms. The van der Waals surface area contributed by atoms with Crippen molar-refractivity contribution in [3.05, 3.63) is 59.7 Å². The lowest BCUT2D eigenvalue weighted by Gasteiger charge is -2.15. The maximum absolute atomic E-state index is 11.8. The van der Waals surface area contributed by atoms with E-state index in [0.29, 0.717) is 31.1 Å². The second-order valence-electron chi connectivity index (χ2n) is 6.50. The minimum atomic E-state index is -0.998. The first-order valence-corrected chi connectivity index (χ1v) is 10.2. The molecule has 0 aliphatic rings. The molecule has 0 saturated carbocycles. The molecule has 2 aromatic rings. The second kappa shape index (κ2) is 10.7. The van der Waals surface area contributed by atoms with Crippen LogP contribution in [0.1, 0.15) is 37.8 Å². The highest BCUT2D eigenvalue weighted by molar-refractivity contribution is 7.83. The molecule has 5 nitrogen and oxygen atoms in total. The van der Waals surface area contributed by atoms with Crippen LogP contribution in [0.5, 0.6) is 11.5 Å². The van der Waals surface area contributed by atoms with Gasteiger partial charge in [0.05, 0.1) is 22.6 Å². The summed E-state index contributed by atoms with van der Waals surface area (Å²) in [7, 11) is -0.998. The summed E-state index contributed by atoms with van der Waals surface area (Å²) < 4.78 is 26.1. The first-order chi connectivity index (χ1) is 13.0. The van der Waals surface area contributed by atoms with E-state index in [2.05, 4.69) is 17.7 Å². The summed E-state index contributed by atoms with van der Waals surface area (Å²) in [6.07, 6.45) is 0. The molecule has 0 aromatic heterocycles. The average Bonchev–Trinajstić information content (AvgIpc) is 2.70. The van der Waals surface area contributed by atoms with Gasteiger partial charge in [-0.15, -0.1) is 0 Å². The van der Waals surface area contributed by atoms with Crippen molar-refractivity contribution in [3.63, 3.8) is 0 Å². The molecule has 0 aliphatic carbocycles. The maximum atomic E-state index is 11.8. The number of nitrogens with one attached hydrogen (secondary N) is 1. The Balaban J connectivity index is 1.73. The van der Waals surface area contributed by atoms with E-state index in [1.165, 1.54) is 5.56 Å². The summed E-state index contributed by atoms with van der Waals surface area (Å²) >= 11 is 0. The fraction of sp³-hybridized carbons (Fsp3) is 0.381. The maximum Gasteiger partial charge on any atom is 0.122 e. The fourth-order valence-electron chi connectivity index (χ4n) is 2.33. The number of hydrogen-bond acceptors (Lipinski definition) is 4. The monoisotopic (exact) mass is 386 g/mol. The van der Waals surface area contributed by atoms with E-state index in [4.69, 9.17) is 14.7 Å². The second-order valence-corrected chi connectivity index (χ2v) is 8.32. The molecule has 0 fully saturated rings. The van der Waals surface area contributed by atoms with Gasteiger partial charge in [0.2, 0.25) is 0 Å². The normalized spacial score (nSPS) is 13.0. The van der Waals surface area contributed by atoms with Crippen molar-refractivity contribution in [2.24, 2.45) is 0 Å². The number of benzene rings is 2. The minimum Gasteiger partial charge on any atom is -0.490 e. The highest BCUT2D eigenvalue weighted by Crippen LogP contribution is 2.19. The molecule has 0 radical (unpaired) electrons. The molecule has 144 valence electrons. The molecule has 6 heteroatoms. The van der Waals surface area contributed by atoms with Gasteiger partial charge in [-0.2, -0.15) is 5.26 Å². The highest BCUT2D eigenvalue weighted by atomic mass is 32.2. The molecule has 1 N–H and O–H groups in total. The SMILES string of the molecule is CC(CNS(=O)C(C)C)c1ccc(OCCOc2ccc(C#N)cc2)cc1. The zero-order chi connectivity index (χ0) is 19.6. The molecule has 2 atom stereocenters. The Labute approximate surface area is 163 Å². The topological polar surface area (TPSA) is 71.3 Å². The van der Waals surface area contributed by atoms with Gasteiger partial charge in [0.25, 0.3) is 0 Å². The molecule has 0 amide bonds. The Hall–Kier alpha value is -2.36. The lowest BCUT2D eigenvalue weighted by Crippen LogP contribution is -2.27. The number of ether oxygens (including phenoxy) is 2. The van der Waals surface area contributed by atoms with E-state index in [1.807, 2.05) is 38.1 Å². The van der Waals surface area contributed by atoms with E-state index in [-0.39, 0.29) is 11.2 Å². The number of nitrogens with zero attached hydrogens (tertiary/aromatic N) is 1. The van der Waals surface area contributed by atoms with E-state index in [9.17, 15) is 4.21 Å². The fourth-order valence-corrected chi connectivity index (χ4v) is 3.08. The molecule has 0 saturated heterocycles. The van der Waals surface area contributed by atoms with Crippen molar-refractivity contribution in [1.82, 2.24) is 4.72 Å². The summed E-state index contributed by atoms with van der Waals surface area (Å²) in [6.45, 7) is 7.50. The van der Waals surface area contributed by atoms with E-state index in [0.717, 1.165) is 5.75 Å². The highest BCUT2D eigenvalue weighted by Gasteiger charge is 2.09. The largest absolute Gasteiger partial charge is 0.490 e. The molecule has 2 aromatic carbocycles. The third-order valence-corrected chi connectivity index (χ3v) is 5.32. The molecule has 0 heterocycles. The Morgan fingerprint density at radius 3 is 1.96 bits per heavy atom. The van der Waals surface area contributed by atoms with Crippen molar-refractivity contribution < 1.29 is 13.7 Å². The van der Waals surface area contributed by atoms with Gasteiger partial charge >= 0.3 is 0 Å². The third-order valence-electron chi connectivity index (χ3n) is 4.01. The van der Waals surface area contributed by atoms with Crippen LogP contribution < -0.4 is 14.2 Å². The van der Waals surface area contributed by atoms with Crippen molar-refractivity contribution in [1.29, 1.82) is 5.26 Å². The number of hydrogen-bond donors (Lipinski definition) is 1. The van der Waals surface area contributed by atoms with Crippen LogP contribution in [0, 0.1) is 11.3 Å². The van der Waals surface area contributed by atoms with Crippen molar-refractivity contribution in [3.8, 4) is 17.6 Å². The zero-order valence-corrected chi connectivity index (χ0v) is 16.8. The van der Waals surface area contributed by atoms with Crippen molar-refractivity contribution >= 4 is 11.0 Å². The molecule has 0 spiro atoms. The standard InChI is InChI=1S/C21H26N2O3S/c1-16(2)27(24)23-15-17(3)19-6-10-21(11-7-19)26-13-12-25-20-8-4-18(14-22)5-9-20/h4-11,16-17,23H,12-13,15H2,1-3H3. The summed E-state index contributed by atoms with van der Waals surface area (Å²) in [6, 6.07) is 17.0. The summed E-state index contributed by atoms with van der Waals surface area (Å²) in [5.41, 5.74) is 1.78. The Bertz CT molecular complexity index is 768. The van der Waals surface area contributed by atoms with Gasteiger partial charge < -0.3 is 9.47 Å². The Kier molecular flexibility index (Phi) is 8.31. The number of nitriles is 1. The van der Waals surface area contributed by atoms with Gasteiger partial charge in [-0.05, 0) is 61.7 Å². The lowest BCUT2D eigenvalue weighted by molar-refractivity contribution is 0.217. The summed E-state index contributed by atoms with van der Waals surface area (Å²) in [4.78, 5) is 0. The van der Waals surface area contributed by atoms with Gasteiger partial charge in [0, 0.05) is 11.8 Å². The molecular weight excluding hydrogens is 360 g/mol. The van der Waals surface area contributed by atoms with Gasteiger partial charge in [0.15, 0.2) is 0 Å². The molecule has 2 rings (SSSR count). The van der Waals surface area contributed by atoms with Gasteiger partial charge in [-0.3, -0.25) is 0 Å². The van der Waals surface area contributed by atoms with Crippen LogP contribution in [0.4, 0.5) is 0 Å². The van der Waals surface area contributed by atoms with Gasteiger partial charge in [-0.25, -0.2) is 8.93 Å². The van der Waals surface area contributed by atoms with Crippen molar-refractivity contribution in [2.45, 2.75) is 31.9 Å². The molecule has 2 unspecified atom stereocenters. The van der Waals surface area contributed by atoms with Crippen LogP contribution >= 0.6 is 0 Å². The molecule has 0 aliphatic heterocycles. The van der Waals surface area contributed by atoms with Crippen molar-refractivity contribution in [2.75, 3.05) is 19.8 Å². The van der Waals surface area contributed by atoms with Crippen LogP contribution in [0.25, 0.3) is 0 Å². The quantitative estimate of drug-likeness (QED) is 0.631. The van der Waals surface area contributed by atoms with Gasteiger partial charge in [0.1, 0.15) is 24.7 Å².